The van der Waals surface area contributed by atoms with E-state index in [1.807, 2.05) is 46.2 Å². The molecular weight excluding hydrogens is 524 g/mol. The number of pyridine rings is 1. The van der Waals surface area contributed by atoms with Gasteiger partial charge in [0.2, 0.25) is 17.7 Å². The quantitative estimate of drug-likeness (QED) is 0.326. The van der Waals surface area contributed by atoms with Gasteiger partial charge in [-0.2, -0.15) is 0 Å². The fraction of sp³-hybridized carbons (Fsp3) is 0.355. The zero-order valence-electron chi connectivity index (χ0n) is 22.9. The largest absolute Gasteiger partial charge is 0.490 e. The van der Waals surface area contributed by atoms with Crippen LogP contribution in [0.3, 0.4) is 0 Å². The molecule has 8 nitrogen and oxygen atoms in total. The zero-order valence-corrected chi connectivity index (χ0v) is 23.7. The van der Waals surface area contributed by atoms with E-state index in [1.165, 1.54) is 16.9 Å². The van der Waals surface area contributed by atoms with Crippen LogP contribution in [0, 0.1) is 0 Å². The van der Waals surface area contributed by atoms with Crippen molar-refractivity contribution < 1.29 is 19.1 Å². The van der Waals surface area contributed by atoms with Crippen molar-refractivity contribution >= 4 is 39.2 Å². The summed E-state index contributed by atoms with van der Waals surface area (Å²) in [5.74, 6) is 1.35. The summed E-state index contributed by atoms with van der Waals surface area (Å²) in [6.45, 7) is 5.48. The van der Waals surface area contributed by atoms with Gasteiger partial charge in [0, 0.05) is 50.1 Å². The Morgan fingerprint density at radius 2 is 1.90 bits per heavy atom. The van der Waals surface area contributed by atoms with Gasteiger partial charge >= 0.3 is 0 Å². The Balaban J connectivity index is 1.26. The molecule has 1 spiro atoms. The molecule has 0 aliphatic carbocycles. The van der Waals surface area contributed by atoms with Crippen LogP contribution in [-0.4, -0.2) is 59.5 Å². The van der Waals surface area contributed by atoms with Crippen LogP contribution in [-0.2, 0) is 27.8 Å². The maximum atomic E-state index is 13.7. The number of hydrogen-bond acceptors (Lipinski definition) is 7. The van der Waals surface area contributed by atoms with Crippen LogP contribution in [0.4, 0.5) is 5.69 Å². The lowest BCUT2D eigenvalue weighted by atomic mass is 9.81. The summed E-state index contributed by atoms with van der Waals surface area (Å²) in [6, 6.07) is 20.0. The minimum atomic E-state index is -0.318. The summed E-state index contributed by atoms with van der Waals surface area (Å²) in [5.41, 5.74) is 3.62. The first kappa shape index (κ1) is 26.3. The van der Waals surface area contributed by atoms with E-state index in [1.54, 1.807) is 20.1 Å². The topological polar surface area (TPSA) is 84.9 Å². The first-order valence-electron chi connectivity index (χ1n) is 13.5. The predicted octanol–water partition coefficient (Wildman–Crippen LogP) is 4.79. The molecule has 40 heavy (non-hydrogen) atoms. The van der Waals surface area contributed by atoms with Crippen LogP contribution in [0.5, 0.6) is 11.6 Å². The van der Waals surface area contributed by atoms with E-state index >= 15 is 0 Å². The lowest BCUT2D eigenvalue weighted by molar-refractivity contribution is -0.127. The van der Waals surface area contributed by atoms with Crippen molar-refractivity contribution in [3.8, 4) is 11.6 Å². The molecule has 206 valence electrons. The third kappa shape index (κ3) is 5.01. The van der Waals surface area contributed by atoms with E-state index in [4.69, 9.17) is 9.47 Å². The van der Waals surface area contributed by atoms with E-state index in [-0.39, 0.29) is 29.8 Å². The van der Waals surface area contributed by atoms with Crippen LogP contribution < -0.4 is 14.4 Å². The van der Waals surface area contributed by atoms with Gasteiger partial charge in [-0.05, 0) is 48.7 Å². The summed E-state index contributed by atoms with van der Waals surface area (Å²) in [4.78, 5) is 39.6. The first-order valence-corrected chi connectivity index (χ1v) is 14.4. The summed E-state index contributed by atoms with van der Waals surface area (Å²) < 4.78 is 11.6. The van der Waals surface area contributed by atoms with Gasteiger partial charge in [0.25, 0.3) is 0 Å². The highest BCUT2D eigenvalue weighted by atomic mass is 32.1. The number of nitrogens with zero attached hydrogens (tertiary/aromatic N) is 4. The molecule has 2 aromatic carbocycles. The monoisotopic (exact) mass is 556 g/mol. The Labute approximate surface area is 237 Å². The molecule has 0 saturated carbocycles. The van der Waals surface area contributed by atoms with Gasteiger partial charge in [0.05, 0.1) is 19.6 Å². The molecular formula is C31H32N4O4S. The Hall–Kier alpha value is -3.98. The van der Waals surface area contributed by atoms with Gasteiger partial charge in [-0.25, -0.2) is 9.97 Å². The Kier molecular flexibility index (Phi) is 6.92. The average Bonchev–Trinajstić information content (AvgIpc) is 3.64. The highest BCUT2D eigenvalue weighted by Crippen LogP contribution is 2.48. The number of rotatable bonds is 7. The number of methoxy groups -OCH3 is 1. The highest BCUT2D eigenvalue weighted by Gasteiger charge is 2.49. The summed E-state index contributed by atoms with van der Waals surface area (Å²) >= 11 is 1.41. The van der Waals surface area contributed by atoms with E-state index in [0.29, 0.717) is 25.5 Å². The normalized spacial score (nSPS) is 18.8. The van der Waals surface area contributed by atoms with Crippen molar-refractivity contribution in [2.75, 3.05) is 31.6 Å². The highest BCUT2D eigenvalue weighted by molar-refractivity contribution is 7.18. The number of anilines is 1. The molecule has 1 saturated heterocycles. The van der Waals surface area contributed by atoms with Gasteiger partial charge in [-0.3, -0.25) is 9.59 Å². The lowest BCUT2D eigenvalue weighted by Crippen LogP contribution is -2.40. The second kappa shape index (κ2) is 10.5. The second-order valence-corrected chi connectivity index (χ2v) is 11.8. The number of fused-ring (bicyclic) bond motifs is 3. The molecule has 2 amide bonds. The van der Waals surface area contributed by atoms with Gasteiger partial charge in [0.15, 0.2) is 0 Å². The number of likely N-dealkylation sites (tertiary alicyclic amines) is 1. The molecule has 4 aromatic rings. The molecule has 0 radical (unpaired) electrons. The van der Waals surface area contributed by atoms with Crippen molar-refractivity contribution in [2.24, 2.45) is 0 Å². The fourth-order valence-corrected chi connectivity index (χ4v) is 6.83. The molecule has 2 aliphatic heterocycles. The lowest BCUT2D eigenvalue weighted by Gasteiger charge is -2.25. The molecule has 2 aliphatic rings. The number of carbonyl (C=O) groups excluding carboxylic acids is 2. The standard InChI is InChI=1S/C31H32N4O4S/c1-20(15-22-7-5-4-6-8-22)39-23-9-11-26-24(16-23)31(13-14-34(18-31)21(2)36)19-35(26)29(37)17-28-32-25-10-12-27(38-3)33-30(25)40-28/h4-12,16,20H,13-15,17-19H2,1-3H3. The Bertz CT molecular complexity index is 1570. The first-order chi connectivity index (χ1) is 19.3. The van der Waals surface area contributed by atoms with Crippen molar-refractivity contribution in [1.82, 2.24) is 14.9 Å². The van der Waals surface area contributed by atoms with Crippen molar-refractivity contribution in [2.45, 2.75) is 44.6 Å². The summed E-state index contributed by atoms with van der Waals surface area (Å²) in [7, 11) is 1.58. The van der Waals surface area contributed by atoms with Gasteiger partial charge in [-0.15, -0.1) is 0 Å². The molecule has 2 unspecified atom stereocenters. The van der Waals surface area contributed by atoms with Crippen LogP contribution in [0.1, 0.15) is 36.4 Å². The van der Waals surface area contributed by atoms with Gasteiger partial charge < -0.3 is 19.3 Å². The minimum Gasteiger partial charge on any atom is -0.490 e. The van der Waals surface area contributed by atoms with Gasteiger partial charge in [0.1, 0.15) is 21.1 Å². The smallest absolute Gasteiger partial charge is 0.233 e. The van der Waals surface area contributed by atoms with E-state index < -0.39 is 0 Å². The predicted molar refractivity (Wildman–Crippen MR) is 155 cm³/mol. The number of ether oxygens (including phenoxy) is 2. The molecule has 4 heterocycles. The average molecular weight is 557 g/mol. The number of thiazole rings is 1. The molecule has 2 aromatic heterocycles. The van der Waals surface area contributed by atoms with Crippen LogP contribution in [0.25, 0.3) is 10.3 Å². The van der Waals surface area contributed by atoms with Gasteiger partial charge in [-0.1, -0.05) is 41.7 Å². The number of amides is 2. The second-order valence-electron chi connectivity index (χ2n) is 10.7. The van der Waals surface area contributed by atoms with Crippen LogP contribution in [0.2, 0.25) is 0 Å². The maximum Gasteiger partial charge on any atom is 0.233 e. The molecule has 0 bridgehead atoms. The number of hydrogen-bond donors (Lipinski definition) is 0. The van der Waals surface area contributed by atoms with Crippen LogP contribution >= 0.6 is 11.3 Å². The summed E-state index contributed by atoms with van der Waals surface area (Å²) in [6.07, 6.45) is 1.77. The third-order valence-electron chi connectivity index (χ3n) is 7.88. The van der Waals surface area contributed by atoms with E-state index in [2.05, 4.69) is 35.1 Å². The van der Waals surface area contributed by atoms with Crippen molar-refractivity contribution in [3.63, 3.8) is 0 Å². The SMILES string of the molecule is COc1ccc2nc(CC(=O)N3CC4(CCN(C(C)=O)C4)c4cc(OC(C)Cc5ccccc5)ccc43)sc2n1. The zero-order chi connectivity index (χ0) is 27.9. The minimum absolute atomic E-state index is 0.0147. The number of aromatic nitrogens is 2. The molecule has 0 N–H and O–H groups in total. The fourth-order valence-electron chi connectivity index (χ4n) is 5.91. The number of benzene rings is 2. The van der Waals surface area contributed by atoms with Crippen molar-refractivity contribution in [1.29, 1.82) is 0 Å². The van der Waals surface area contributed by atoms with E-state index in [0.717, 1.165) is 45.2 Å². The molecule has 2 atom stereocenters. The van der Waals surface area contributed by atoms with E-state index in [9.17, 15) is 9.59 Å². The molecule has 9 heteroatoms. The number of carbonyl (C=O) groups is 2. The Morgan fingerprint density at radius 3 is 2.65 bits per heavy atom. The molecule has 1 fully saturated rings. The molecule has 6 rings (SSSR count). The Morgan fingerprint density at radius 1 is 1.07 bits per heavy atom. The van der Waals surface area contributed by atoms with Crippen LogP contribution in [0.15, 0.2) is 60.7 Å². The van der Waals surface area contributed by atoms with Crippen molar-refractivity contribution in [3.05, 3.63) is 76.8 Å². The maximum absolute atomic E-state index is 13.7. The summed E-state index contributed by atoms with van der Waals surface area (Å²) in [5, 5.41) is 0.717. The third-order valence-corrected chi connectivity index (χ3v) is 8.85.